The maximum atomic E-state index is 15.8. The minimum absolute atomic E-state index is 0.298. The fraction of sp³-hybridized carbons (Fsp3) is 0.189. The van der Waals surface area contributed by atoms with Gasteiger partial charge in [0.15, 0.2) is 0 Å². The summed E-state index contributed by atoms with van der Waals surface area (Å²) >= 11 is 0. The zero-order chi connectivity index (χ0) is 30.2. The average molecular weight is 573 g/mol. The number of anilines is 1. The third-order valence-corrected chi connectivity index (χ3v) is 7.37. The SMILES string of the molecule is CC/C=C(\C(=C1\N=C(Nc2ccccn2)C(c2ccc(OC)cc2)=C(CCC)N1C)c1ccccc1F)c1ccccc1. The quantitative estimate of drug-likeness (QED) is 0.217. The van der Waals surface area contributed by atoms with Gasteiger partial charge >= 0.3 is 0 Å². The number of nitrogens with zero attached hydrogens (tertiary/aromatic N) is 3. The second-order valence-corrected chi connectivity index (χ2v) is 10.2. The monoisotopic (exact) mass is 572 g/mol. The van der Waals surface area contributed by atoms with E-state index in [0.29, 0.717) is 23.0 Å². The van der Waals surface area contributed by atoms with Crippen LogP contribution in [0, 0.1) is 5.82 Å². The van der Waals surface area contributed by atoms with Crippen molar-refractivity contribution in [2.24, 2.45) is 4.99 Å². The minimum atomic E-state index is -0.298. The second-order valence-electron chi connectivity index (χ2n) is 10.2. The van der Waals surface area contributed by atoms with E-state index in [9.17, 15) is 0 Å². The van der Waals surface area contributed by atoms with Crippen molar-refractivity contribution in [1.82, 2.24) is 9.88 Å². The highest BCUT2D eigenvalue weighted by molar-refractivity contribution is 6.30. The van der Waals surface area contributed by atoms with Crippen LogP contribution in [-0.4, -0.2) is 29.9 Å². The molecule has 0 radical (unpaired) electrons. The molecule has 0 spiro atoms. The standard InChI is InChI=1S/C37H37FN4O/c1-5-14-29(26-16-8-7-9-17-26)35(30-18-10-11-19-31(30)38)37-41-36(40-33-20-12-13-25-39-33)34(32(15-6-2)42(37)3)27-21-23-28(43-4)24-22-27/h7-14,16-25H,5-6,15H2,1-4H3,(H,39,40,41)/b29-14-,37-35+. The lowest BCUT2D eigenvalue weighted by Gasteiger charge is -2.34. The fourth-order valence-electron chi connectivity index (χ4n) is 5.37. The predicted molar refractivity (Wildman–Crippen MR) is 176 cm³/mol. The van der Waals surface area contributed by atoms with Gasteiger partial charge in [0.1, 0.15) is 29.0 Å². The summed E-state index contributed by atoms with van der Waals surface area (Å²) in [4.78, 5) is 12.0. The maximum Gasteiger partial charge on any atom is 0.143 e. The Bertz CT molecular complexity index is 1670. The van der Waals surface area contributed by atoms with Crippen molar-refractivity contribution in [3.05, 3.63) is 143 Å². The number of rotatable bonds is 9. The number of aliphatic imine (C=N–C) groups is 1. The summed E-state index contributed by atoms with van der Waals surface area (Å²) in [5, 5.41) is 3.50. The van der Waals surface area contributed by atoms with E-state index < -0.39 is 0 Å². The van der Waals surface area contributed by atoms with E-state index in [1.165, 1.54) is 6.07 Å². The van der Waals surface area contributed by atoms with Crippen molar-refractivity contribution in [1.29, 1.82) is 0 Å². The first kappa shape index (κ1) is 29.5. The van der Waals surface area contributed by atoms with Crippen LogP contribution in [0.15, 0.2) is 126 Å². The van der Waals surface area contributed by atoms with Gasteiger partial charge in [-0.05, 0) is 59.9 Å². The van der Waals surface area contributed by atoms with Crippen LogP contribution < -0.4 is 10.1 Å². The lowest BCUT2D eigenvalue weighted by Crippen LogP contribution is -2.30. The zero-order valence-electron chi connectivity index (χ0n) is 25.1. The van der Waals surface area contributed by atoms with Crippen LogP contribution in [0.5, 0.6) is 5.75 Å². The number of methoxy groups -OCH3 is 1. The zero-order valence-corrected chi connectivity index (χ0v) is 25.1. The summed E-state index contributed by atoms with van der Waals surface area (Å²) in [6, 6.07) is 30.8. The minimum Gasteiger partial charge on any atom is -0.497 e. The first-order chi connectivity index (χ1) is 21.0. The molecule has 0 atom stereocenters. The molecule has 218 valence electrons. The van der Waals surface area contributed by atoms with Crippen LogP contribution in [0.1, 0.15) is 49.8 Å². The van der Waals surface area contributed by atoms with Gasteiger partial charge in [0.2, 0.25) is 0 Å². The Kier molecular flexibility index (Phi) is 9.47. The molecule has 0 saturated heterocycles. The summed E-state index contributed by atoms with van der Waals surface area (Å²) in [5.41, 5.74) is 6.20. The van der Waals surface area contributed by atoms with Crippen molar-refractivity contribution in [2.75, 3.05) is 19.5 Å². The summed E-state index contributed by atoms with van der Waals surface area (Å²) in [6.45, 7) is 4.26. The topological polar surface area (TPSA) is 49.8 Å². The van der Waals surface area contributed by atoms with Crippen LogP contribution in [0.2, 0.25) is 0 Å². The Morgan fingerprint density at radius 1 is 0.907 bits per heavy atom. The molecular weight excluding hydrogens is 535 g/mol. The molecule has 5 rings (SSSR count). The number of allylic oxidation sites excluding steroid dienone is 4. The third kappa shape index (κ3) is 6.44. The molecule has 6 heteroatoms. The van der Waals surface area contributed by atoms with Crippen molar-refractivity contribution in [3.8, 4) is 5.75 Å². The van der Waals surface area contributed by atoms with E-state index in [1.54, 1.807) is 19.4 Å². The molecule has 43 heavy (non-hydrogen) atoms. The molecule has 4 aromatic rings. The third-order valence-electron chi connectivity index (χ3n) is 7.37. The summed E-state index contributed by atoms with van der Waals surface area (Å²) < 4.78 is 21.2. The number of ether oxygens (including phenoxy) is 1. The fourth-order valence-corrected chi connectivity index (χ4v) is 5.37. The number of benzene rings is 3. The molecule has 0 aliphatic carbocycles. The Morgan fingerprint density at radius 3 is 2.28 bits per heavy atom. The number of nitrogens with one attached hydrogen (secondary N) is 1. The second kappa shape index (κ2) is 13.8. The average Bonchev–Trinajstić information content (AvgIpc) is 3.04. The molecule has 0 amide bonds. The van der Waals surface area contributed by atoms with Gasteiger partial charge in [-0.3, -0.25) is 0 Å². The van der Waals surface area contributed by atoms with Crippen LogP contribution >= 0.6 is 0 Å². The molecule has 1 N–H and O–H groups in total. The summed E-state index contributed by atoms with van der Waals surface area (Å²) in [7, 11) is 3.69. The van der Waals surface area contributed by atoms with Crippen LogP contribution in [0.3, 0.4) is 0 Å². The van der Waals surface area contributed by atoms with Crippen LogP contribution in [-0.2, 0) is 0 Å². The highest BCUT2D eigenvalue weighted by Gasteiger charge is 2.30. The van der Waals surface area contributed by atoms with Gasteiger partial charge in [0.05, 0.1) is 7.11 Å². The molecule has 0 unspecified atom stereocenters. The Balaban J connectivity index is 1.84. The van der Waals surface area contributed by atoms with E-state index in [2.05, 4.69) is 47.3 Å². The van der Waals surface area contributed by atoms with Crippen molar-refractivity contribution < 1.29 is 9.13 Å². The number of hydrogen-bond donors (Lipinski definition) is 1. The molecular formula is C37H37FN4O. The maximum absolute atomic E-state index is 15.8. The molecule has 0 bridgehead atoms. The highest BCUT2D eigenvalue weighted by atomic mass is 19.1. The molecule has 0 fully saturated rings. The lowest BCUT2D eigenvalue weighted by atomic mass is 9.89. The van der Waals surface area contributed by atoms with Gasteiger partial charge < -0.3 is 15.0 Å². The van der Waals surface area contributed by atoms with Gasteiger partial charge in [-0.2, -0.15) is 0 Å². The van der Waals surface area contributed by atoms with Crippen LogP contribution in [0.25, 0.3) is 16.7 Å². The molecule has 5 nitrogen and oxygen atoms in total. The van der Waals surface area contributed by atoms with Gasteiger partial charge in [0.25, 0.3) is 0 Å². The van der Waals surface area contributed by atoms with E-state index >= 15 is 4.39 Å². The molecule has 3 aromatic carbocycles. The molecule has 1 aromatic heterocycles. The van der Waals surface area contributed by atoms with Crippen molar-refractivity contribution in [3.63, 3.8) is 0 Å². The highest BCUT2D eigenvalue weighted by Crippen LogP contribution is 2.42. The Hall–Kier alpha value is -4.97. The van der Waals surface area contributed by atoms with Gasteiger partial charge in [0, 0.05) is 35.7 Å². The van der Waals surface area contributed by atoms with Gasteiger partial charge in [-0.15, -0.1) is 0 Å². The normalized spacial score (nSPS) is 14.9. The largest absolute Gasteiger partial charge is 0.497 e. The molecule has 0 saturated carbocycles. The van der Waals surface area contributed by atoms with E-state index in [0.717, 1.165) is 58.6 Å². The first-order valence-electron chi connectivity index (χ1n) is 14.7. The molecule has 1 aliphatic rings. The number of pyridine rings is 1. The Morgan fingerprint density at radius 2 is 1.63 bits per heavy atom. The lowest BCUT2D eigenvalue weighted by molar-refractivity contribution is 0.415. The predicted octanol–water partition coefficient (Wildman–Crippen LogP) is 9.06. The Labute approximate surface area is 253 Å². The van der Waals surface area contributed by atoms with E-state index in [-0.39, 0.29) is 5.82 Å². The van der Waals surface area contributed by atoms with Crippen molar-refractivity contribution >= 4 is 28.4 Å². The number of aromatic nitrogens is 1. The smallest absolute Gasteiger partial charge is 0.143 e. The summed E-state index contributed by atoms with van der Waals surface area (Å²) in [6.07, 6.45) is 6.38. The summed E-state index contributed by atoms with van der Waals surface area (Å²) in [5.74, 6) is 2.46. The van der Waals surface area contributed by atoms with Crippen molar-refractivity contribution in [2.45, 2.75) is 33.1 Å². The molecule has 1 aliphatic heterocycles. The van der Waals surface area contributed by atoms with Crippen LogP contribution in [0.4, 0.5) is 10.2 Å². The molecule has 2 heterocycles. The van der Waals surface area contributed by atoms with E-state index in [1.807, 2.05) is 79.8 Å². The van der Waals surface area contributed by atoms with Gasteiger partial charge in [-0.25, -0.2) is 14.4 Å². The number of hydrogen-bond acceptors (Lipinski definition) is 5. The number of amidine groups is 1. The number of halogens is 1. The van der Waals surface area contributed by atoms with E-state index in [4.69, 9.17) is 9.73 Å². The van der Waals surface area contributed by atoms with Gasteiger partial charge in [-0.1, -0.05) is 93.1 Å². The first-order valence-corrected chi connectivity index (χ1v) is 14.7.